The Morgan fingerprint density at radius 3 is 2.88 bits per heavy atom. The van der Waals surface area contributed by atoms with Gasteiger partial charge >= 0.3 is 12.0 Å². The molecule has 2 N–H and O–H groups in total. The smallest absolute Gasteiger partial charge is 0.320 e. The van der Waals surface area contributed by atoms with Crippen LogP contribution in [0.5, 0.6) is 0 Å². The number of likely N-dealkylation sites (tertiary alicyclic amines) is 1. The van der Waals surface area contributed by atoms with E-state index >= 15 is 0 Å². The molecule has 2 amide bonds. The summed E-state index contributed by atoms with van der Waals surface area (Å²) in [4.78, 5) is 29.3. The first-order valence-corrected chi connectivity index (χ1v) is 5.15. The number of amides is 2. The maximum Gasteiger partial charge on any atom is 0.320 e. The number of carbonyl (C=O) groups excluding carboxylic acids is 1. The summed E-state index contributed by atoms with van der Waals surface area (Å²) in [5, 5.41) is 15.0. The number of aromatic amines is 1. The number of carbonyl (C=O) groups is 2. The van der Waals surface area contributed by atoms with Gasteiger partial charge in [0.1, 0.15) is 12.2 Å². The Kier molecular flexibility index (Phi) is 2.94. The van der Waals surface area contributed by atoms with Gasteiger partial charge in [0.2, 0.25) is 0 Å². The number of hydrogen-bond acceptors (Lipinski definition) is 4. The Morgan fingerprint density at radius 1 is 1.65 bits per heavy atom. The van der Waals surface area contributed by atoms with E-state index in [1.807, 2.05) is 0 Å². The van der Waals surface area contributed by atoms with Crippen LogP contribution >= 0.6 is 0 Å². The number of rotatable bonds is 3. The van der Waals surface area contributed by atoms with E-state index < -0.39 is 11.9 Å². The van der Waals surface area contributed by atoms with Crippen molar-refractivity contribution in [3.8, 4) is 0 Å². The third kappa shape index (κ3) is 2.35. The van der Waals surface area contributed by atoms with Crippen molar-refractivity contribution in [1.82, 2.24) is 25.0 Å². The molecule has 2 heterocycles. The lowest BCUT2D eigenvalue weighted by Gasteiger charge is -2.38. The second-order valence-corrected chi connectivity index (χ2v) is 4.01. The third-order valence-electron chi connectivity index (χ3n) is 2.68. The van der Waals surface area contributed by atoms with Gasteiger partial charge in [-0.1, -0.05) is 0 Å². The molecule has 1 aliphatic heterocycles. The van der Waals surface area contributed by atoms with E-state index in [0.29, 0.717) is 12.4 Å². The molecule has 0 saturated carbocycles. The van der Waals surface area contributed by atoms with Crippen molar-refractivity contribution in [3.05, 3.63) is 12.2 Å². The van der Waals surface area contributed by atoms with Crippen LogP contribution in [-0.2, 0) is 11.3 Å². The molecule has 0 aromatic carbocycles. The fourth-order valence-corrected chi connectivity index (χ4v) is 1.63. The summed E-state index contributed by atoms with van der Waals surface area (Å²) in [7, 11) is 1.64. The Labute approximate surface area is 97.2 Å². The SMILES string of the molecule is CN(Cc1ncn[nH]1)C(=O)N1CC(C(=O)O)C1. The highest BCUT2D eigenvalue weighted by molar-refractivity contribution is 5.79. The summed E-state index contributed by atoms with van der Waals surface area (Å²) in [5.74, 6) is -0.694. The number of aromatic nitrogens is 3. The maximum atomic E-state index is 11.8. The highest BCUT2D eigenvalue weighted by atomic mass is 16.4. The number of nitrogens with zero attached hydrogens (tertiary/aromatic N) is 4. The minimum Gasteiger partial charge on any atom is -0.481 e. The minimum absolute atomic E-state index is 0.195. The van der Waals surface area contributed by atoms with Crippen molar-refractivity contribution >= 4 is 12.0 Å². The predicted molar refractivity (Wildman–Crippen MR) is 55.9 cm³/mol. The molecule has 1 saturated heterocycles. The van der Waals surface area contributed by atoms with E-state index in [-0.39, 0.29) is 19.1 Å². The lowest BCUT2D eigenvalue weighted by molar-refractivity contribution is -0.146. The zero-order valence-electron chi connectivity index (χ0n) is 9.33. The topological polar surface area (TPSA) is 102 Å². The number of aliphatic carboxylic acids is 1. The van der Waals surface area contributed by atoms with Crippen LogP contribution in [0.1, 0.15) is 5.82 Å². The second kappa shape index (κ2) is 4.40. The summed E-state index contributed by atoms with van der Waals surface area (Å²) in [6, 6.07) is -0.195. The number of carboxylic acid groups (broad SMARTS) is 1. The zero-order chi connectivity index (χ0) is 12.4. The van der Waals surface area contributed by atoms with Crippen LogP contribution < -0.4 is 0 Å². The first-order chi connectivity index (χ1) is 8.08. The molecule has 0 radical (unpaired) electrons. The number of urea groups is 1. The summed E-state index contributed by atoms with van der Waals surface area (Å²) in [6.45, 7) is 0.872. The molecule has 8 nitrogen and oxygen atoms in total. The molecule has 0 bridgehead atoms. The fraction of sp³-hybridized carbons (Fsp3) is 0.556. The molecule has 92 valence electrons. The van der Waals surface area contributed by atoms with Gasteiger partial charge in [0.15, 0.2) is 0 Å². The van der Waals surface area contributed by atoms with E-state index in [0.717, 1.165) is 0 Å². The number of H-pyrrole nitrogens is 1. The Balaban J connectivity index is 1.83. The summed E-state index contributed by atoms with van der Waals surface area (Å²) >= 11 is 0. The average molecular weight is 239 g/mol. The molecule has 0 aliphatic carbocycles. The monoisotopic (exact) mass is 239 g/mol. The van der Waals surface area contributed by atoms with Gasteiger partial charge in [-0.3, -0.25) is 9.89 Å². The maximum absolute atomic E-state index is 11.8. The second-order valence-electron chi connectivity index (χ2n) is 4.01. The largest absolute Gasteiger partial charge is 0.481 e. The van der Waals surface area contributed by atoms with Crippen LogP contribution in [0.25, 0.3) is 0 Å². The molecule has 0 spiro atoms. The molecule has 0 unspecified atom stereocenters. The van der Waals surface area contributed by atoms with Crippen LogP contribution in [0.2, 0.25) is 0 Å². The van der Waals surface area contributed by atoms with E-state index in [1.165, 1.54) is 16.1 Å². The Hall–Kier alpha value is -2.12. The van der Waals surface area contributed by atoms with Gasteiger partial charge in [0.25, 0.3) is 0 Å². The summed E-state index contributed by atoms with van der Waals surface area (Å²) < 4.78 is 0. The van der Waals surface area contributed by atoms with E-state index in [9.17, 15) is 9.59 Å². The van der Waals surface area contributed by atoms with E-state index in [4.69, 9.17) is 5.11 Å². The highest BCUT2D eigenvalue weighted by Crippen LogP contribution is 2.17. The first-order valence-electron chi connectivity index (χ1n) is 5.15. The fourth-order valence-electron chi connectivity index (χ4n) is 1.63. The number of nitrogens with one attached hydrogen (secondary N) is 1. The predicted octanol–water partition coefficient (Wildman–Crippen LogP) is -0.627. The Bertz CT molecular complexity index is 412. The average Bonchev–Trinajstić information content (AvgIpc) is 2.67. The van der Waals surface area contributed by atoms with Gasteiger partial charge in [-0.2, -0.15) is 5.10 Å². The molecule has 1 aromatic rings. The van der Waals surface area contributed by atoms with Gasteiger partial charge in [0.05, 0.1) is 12.5 Å². The molecule has 1 aromatic heterocycles. The molecular formula is C9H13N5O3. The lowest BCUT2D eigenvalue weighted by atomic mass is 10.0. The molecule has 2 rings (SSSR count). The third-order valence-corrected chi connectivity index (χ3v) is 2.68. The van der Waals surface area contributed by atoms with Crippen LogP contribution in [0.15, 0.2) is 6.33 Å². The number of carboxylic acids is 1. The number of hydrogen-bond donors (Lipinski definition) is 2. The molecule has 17 heavy (non-hydrogen) atoms. The van der Waals surface area contributed by atoms with Crippen LogP contribution in [0.3, 0.4) is 0 Å². The molecule has 1 fully saturated rings. The first kappa shape index (κ1) is 11.4. The molecule has 1 aliphatic rings. The van der Waals surface area contributed by atoms with E-state index in [2.05, 4.69) is 15.2 Å². The normalized spacial score (nSPS) is 15.5. The zero-order valence-corrected chi connectivity index (χ0v) is 9.33. The quantitative estimate of drug-likeness (QED) is 0.731. The summed E-state index contributed by atoms with van der Waals surface area (Å²) in [6.07, 6.45) is 1.37. The van der Waals surface area contributed by atoms with Gasteiger partial charge in [0, 0.05) is 20.1 Å². The van der Waals surface area contributed by atoms with Crippen molar-refractivity contribution in [2.45, 2.75) is 6.54 Å². The standard InChI is InChI=1S/C9H13N5O3/c1-13(4-7-10-5-11-12-7)9(17)14-2-6(3-14)8(15)16/h5-6H,2-4H2,1H3,(H,15,16)(H,10,11,12). The Morgan fingerprint density at radius 2 is 2.35 bits per heavy atom. The van der Waals surface area contributed by atoms with Crippen LogP contribution in [-0.4, -0.2) is 62.2 Å². The van der Waals surface area contributed by atoms with E-state index in [1.54, 1.807) is 7.05 Å². The van der Waals surface area contributed by atoms with Gasteiger partial charge < -0.3 is 14.9 Å². The summed E-state index contributed by atoms with van der Waals surface area (Å²) in [5.41, 5.74) is 0. The van der Waals surface area contributed by atoms with Crippen molar-refractivity contribution in [3.63, 3.8) is 0 Å². The molecule has 0 atom stereocenters. The minimum atomic E-state index is -0.855. The lowest BCUT2D eigenvalue weighted by Crippen LogP contribution is -2.56. The van der Waals surface area contributed by atoms with Gasteiger partial charge in [-0.05, 0) is 0 Å². The molecular weight excluding hydrogens is 226 g/mol. The van der Waals surface area contributed by atoms with Crippen molar-refractivity contribution in [1.29, 1.82) is 0 Å². The van der Waals surface area contributed by atoms with Crippen molar-refractivity contribution < 1.29 is 14.7 Å². The van der Waals surface area contributed by atoms with Crippen LogP contribution in [0.4, 0.5) is 4.79 Å². The molecule has 8 heteroatoms. The van der Waals surface area contributed by atoms with Crippen LogP contribution in [0, 0.1) is 5.92 Å². The van der Waals surface area contributed by atoms with Crippen molar-refractivity contribution in [2.75, 3.05) is 20.1 Å². The highest BCUT2D eigenvalue weighted by Gasteiger charge is 2.36. The van der Waals surface area contributed by atoms with Crippen molar-refractivity contribution in [2.24, 2.45) is 5.92 Å². The van der Waals surface area contributed by atoms with Gasteiger partial charge in [-0.15, -0.1) is 0 Å². The van der Waals surface area contributed by atoms with Gasteiger partial charge in [-0.25, -0.2) is 9.78 Å².